The van der Waals surface area contributed by atoms with Gasteiger partial charge in [-0.3, -0.25) is 0 Å². The summed E-state index contributed by atoms with van der Waals surface area (Å²) in [6, 6.07) is 5.42. The van der Waals surface area contributed by atoms with Crippen molar-refractivity contribution in [2.45, 2.75) is 38.4 Å². The molecule has 1 N–H and O–H groups in total. The van der Waals surface area contributed by atoms with Gasteiger partial charge in [-0.25, -0.2) is 0 Å². The zero-order valence-electron chi connectivity index (χ0n) is 10.3. The molecule has 2 unspecified atom stereocenters. The third-order valence-electron chi connectivity index (χ3n) is 3.32. The third-order valence-corrected chi connectivity index (χ3v) is 4.18. The fourth-order valence-corrected chi connectivity index (χ4v) is 2.04. The van der Waals surface area contributed by atoms with E-state index in [1.807, 2.05) is 26.0 Å². The molecule has 0 aliphatic carbocycles. The maximum atomic E-state index is 10.2. The number of ether oxygens (including phenoxy) is 1. The van der Waals surface area contributed by atoms with Crippen molar-refractivity contribution in [2.75, 3.05) is 7.11 Å². The van der Waals surface area contributed by atoms with Gasteiger partial charge in [-0.15, -0.1) is 0 Å². The molecule has 0 aromatic heterocycles. The summed E-state index contributed by atoms with van der Waals surface area (Å²) in [5.41, 5.74) is 0.273. The molecule has 0 aliphatic heterocycles. The van der Waals surface area contributed by atoms with Crippen molar-refractivity contribution < 1.29 is 9.84 Å². The van der Waals surface area contributed by atoms with Gasteiger partial charge in [-0.1, -0.05) is 42.3 Å². The molecule has 1 aromatic rings. The Bertz CT molecular complexity index is 376. The Hall–Kier alpha value is -0.280. The van der Waals surface area contributed by atoms with Crippen molar-refractivity contribution in [2.24, 2.45) is 0 Å². The van der Waals surface area contributed by atoms with E-state index in [4.69, 9.17) is 27.9 Å². The Labute approximate surface area is 113 Å². The highest BCUT2D eigenvalue weighted by molar-refractivity contribution is 6.42. The molecule has 0 radical (unpaired) electrons. The predicted octanol–water partition coefficient (Wildman–Crippen LogP) is 3.71. The minimum absolute atomic E-state index is 0.428. The van der Waals surface area contributed by atoms with Gasteiger partial charge in [0, 0.05) is 13.5 Å². The molecule has 0 heterocycles. The molecule has 4 heteroatoms. The second-order valence-corrected chi connectivity index (χ2v) is 5.09. The van der Waals surface area contributed by atoms with Gasteiger partial charge in [-0.2, -0.15) is 0 Å². The topological polar surface area (TPSA) is 29.5 Å². The van der Waals surface area contributed by atoms with Gasteiger partial charge in [0.05, 0.1) is 21.8 Å². The average molecular weight is 277 g/mol. The molecular weight excluding hydrogens is 259 g/mol. The molecule has 0 saturated carbocycles. The molecule has 0 spiro atoms. The first-order chi connectivity index (χ1) is 7.94. The number of aliphatic hydroxyl groups is 1. The van der Waals surface area contributed by atoms with Crippen LogP contribution in [0.2, 0.25) is 10.0 Å². The quantitative estimate of drug-likeness (QED) is 0.889. The maximum Gasteiger partial charge on any atom is 0.0909 e. The summed E-state index contributed by atoms with van der Waals surface area (Å²) in [4.78, 5) is 0. The minimum Gasteiger partial charge on any atom is -0.390 e. The first-order valence-corrected chi connectivity index (χ1v) is 6.36. The van der Waals surface area contributed by atoms with Gasteiger partial charge in [-0.05, 0) is 25.0 Å². The number of halogens is 2. The smallest absolute Gasteiger partial charge is 0.0909 e. The lowest BCUT2D eigenvalue weighted by Gasteiger charge is -2.32. The average Bonchev–Trinajstić information content (AvgIpc) is 2.33. The molecule has 0 bridgehead atoms. The van der Waals surface area contributed by atoms with Crippen LogP contribution in [0.1, 0.15) is 25.8 Å². The van der Waals surface area contributed by atoms with Gasteiger partial charge in [0.15, 0.2) is 0 Å². The molecule has 0 saturated heterocycles. The van der Waals surface area contributed by atoms with Crippen molar-refractivity contribution in [1.82, 2.24) is 0 Å². The number of hydrogen-bond donors (Lipinski definition) is 1. The van der Waals surface area contributed by atoms with E-state index in [-0.39, 0.29) is 0 Å². The van der Waals surface area contributed by atoms with E-state index in [2.05, 4.69) is 0 Å². The number of benzene rings is 1. The number of rotatable bonds is 5. The highest BCUT2D eigenvalue weighted by atomic mass is 35.5. The van der Waals surface area contributed by atoms with Gasteiger partial charge in [0.1, 0.15) is 0 Å². The first-order valence-electron chi connectivity index (χ1n) is 5.60. The third kappa shape index (κ3) is 3.35. The Morgan fingerprint density at radius 1 is 1.41 bits per heavy atom. The molecule has 0 fully saturated rings. The van der Waals surface area contributed by atoms with Gasteiger partial charge < -0.3 is 9.84 Å². The Kier molecular flexibility index (Phi) is 5.26. The van der Waals surface area contributed by atoms with Gasteiger partial charge >= 0.3 is 0 Å². The van der Waals surface area contributed by atoms with Crippen LogP contribution in [0, 0.1) is 0 Å². The summed E-state index contributed by atoms with van der Waals surface area (Å²) >= 11 is 12.0. The number of hydrogen-bond acceptors (Lipinski definition) is 2. The molecular formula is C13H18Cl2O2. The summed E-state index contributed by atoms with van der Waals surface area (Å²) in [6.07, 6.45) is 0.536. The highest BCUT2D eigenvalue weighted by Gasteiger charge is 2.31. The van der Waals surface area contributed by atoms with Crippen molar-refractivity contribution >= 4 is 23.2 Å². The minimum atomic E-state index is -0.617. The molecule has 1 aromatic carbocycles. The lowest BCUT2D eigenvalue weighted by molar-refractivity contribution is -0.0914. The van der Waals surface area contributed by atoms with Crippen LogP contribution in [-0.4, -0.2) is 23.9 Å². The maximum absolute atomic E-state index is 10.2. The van der Waals surface area contributed by atoms with E-state index < -0.39 is 11.7 Å². The van der Waals surface area contributed by atoms with E-state index in [1.54, 1.807) is 13.2 Å². The number of aliphatic hydroxyl groups excluding tert-OH is 1. The van der Waals surface area contributed by atoms with Crippen LogP contribution >= 0.6 is 23.2 Å². The Balaban J connectivity index is 2.88. The molecule has 0 amide bonds. The lowest BCUT2D eigenvalue weighted by Crippen LogP contribution is -2.42. The van der Waals surface area contributed by atoms with Crippen LogP contribution in [-0.2, 0) is 11.2 Å². The fourth-order valence-electron chi connectivity index (χ4n) is 1.65. The summed E-state index contributed by atoms with van der Waals surface area (Å²) in [5.74, 6) is 0. The first kappa shape index (κ1) is 14.8. The van der Waals surface area contributed by atoms with Crippen molar-refractivity contribution in [3.63, 3.8) is 0 Å². The van der Waals surface area contributed by atoms with Gasteiger partial charge in [0.2, 0.25) is 0 Å². The molecule has 17 heavy (non-hydrogen) atoms. The van der Waals surface area contributed by atoms with E-state index in [0.29, 0.717) is 16.5 Å². The SMILES string of the molecule is CCC(C)(OC)C(O)Cc1cccc(Cl)c1Cl. The van der Waals surface area contributed by atoms with Crippen molar-refractivity contribution in [3.05, 3.63) is 33.8 Å². The summed E-state index contributed by atoms with van der Waals surface area (Å²) in [5, 5.41) is 11.2. The molecule has 0 aliphatic rings. The lowest BCUT2D eigenvalue weighted by atomic mass is 9.91. The van der Waals surface area contributed by atoms with Crippen LogP contribution in [0.25, 0.3) is 0 Å². The fraction of sp³-hybridized carbons (Fsp3) is 0.538. The second-order valence-electron chi connectivity index (χ2n) is 4.30. The van der Waals surface area contributed by atoms with E-state index >= 15 is 0 Å². The van der Waals surface area contributed by atoms with Crippen LogP contribution in [0.5, 0.6) is 0 Å². The number of methoxy groups -OCH3 is 1. The van der Waals surface area contributed by atoms with E-state index in [0.717, 1.165) is 12.0 Å². The Morgan fingerprint density at radius 2 is 2.06 bits per heavy atom. The van der Waals surface area contributed by atoms with E-state index in [9.17, 15) is 5.11 Å². The molecule has 2 nitrogen and oxygen atoms in total. The monoisotopic (exact) mass is 276 g/mol. The van der Waals surface area contributed by atoms with E-state index in [1.165, 1.54) is 0 Å². The van der Waals surface area contributed by atoms with Crippen LogP contribution in [0.3, 0.4) is 0 Å². The van der Waals surface area contributed by atoms with Crippen LogP contribution < -0.4 is 0 Å². The predicted molar refractivity (Wildman–Crippen MR) is 71.9 cm³/mol. The molecule has 2 atom stereocenters. The van der Waals surface area contributed by atoms with Crippen molar-refractivity contribution in [3.8, 4) is 0 Å². The van der Waals surface area contributed by atoms with Gasteiger partial charge in [0.25, 0.3) is 0 Å². The summed E-state index contributed by atoms with van der Waals surface area (Å²) in [7, 11) is 1.60. The molecule has 96 valence electrons. The standard InChI is InChI=1S/C13H18Cl2O2/c1-4-13(2,17-3)11(16)8-9-6-5-7-10(14)12(9)15/h5-7,11,16H,4,8H2,1-3H3. The highest BCUT2D eigenvalue weighted by Crippen LogP contribution is 2.29. The van der Waals surface area contributed by atoms with Crippen molar-refractivity contribution in [1.29, 1.82) is 0 Å². The molecule has 1 rings (SSSR count). The zero-order chi connectivity index (χ0) is 13.1. The second kappa shape index (κ2) is 6.05. The Morgan fingerprint density at radius 3 is 2.59 bits per heavy atom. The van der Waals surface area contributed by atoms with Crippen LogP contribution in [0.15, 0.2) is 18.2 Å². The summed E-state index contributed by atoms with van der Waals surface area (Å²) < 4.78 is 5.36. The summed E-state index contributed by atoms with van der Waals surface area (Å²) in [6.45, 7) is 3.86. The normalized spacial score (nSPS) is 16.6. The zero-order valence-corrected chi connectivity index (χ0v) is 11.8. The van der Waals surface area contributed by atoms with Crippen LogP contribution in [0.4, 0.5) is 0 Å². The largest absolute Gasteiger partial charge is 0.390 e.